The first-order valence-electron chi connectivity index (χ1n) is 6.71. The van der Waals surface area contributed by atoms with E-state index < -0.39 is 0 Å². The van der Waals surface area contributed by atoms with Crippen molar-refractivity contribution >= 4 is 22.4 Å². The molecule has 0 saturated carbocycles. The highest BCUT2D eigenvalue weighted by Crippen LogP contribution is 2.26. The van der Waals surface area contributed by atoms with E-state index in [9.17, 15) is 4.79 Å². The Balaban J connectivity index is 2.21. The molecule has 0 spiro atoms. The van der Waals surface area contributed by atoms with E-state index in [0.29, 0.717) is 11.3 Å². The SMILES string of the molecule is Cc1cc(C)c2nnc(C(=O)c3ccccc3)c(N)c2c1. The summed E-state index contributed by atoms with van der Waals surface area (Å²) >= 11 is 0. The molecular formula is C17H15N3O. The number of rotatable bonds is 2. The monoisotopic (exact) mass is 277 g/mol. The number of aryl methyl sites for hydroxylation is 2. The fourth-order valence-electron chi connectivity index (χ4n) is 2.47. The summed E-state index contributed by atoms with van der Waals surface area (Å²) in [6.07, 6.45) is 0. The molecule has 0 amide bonds. The van der Waals surface area contributed by atoms with Gasteiger partial charge < -0.3 is 5.73 Å². The van der Waals surface area contributed by atoms with E-state index in [-0.39, 0.29) is 11.5 Å². The summed E-state index contributed by atoms with van der Waals surface area (Å²) in [4.78, 5) is 12.5. The van der Waals surface area contributed by atoms with Gasteiger partial charge in [0.25, 0.3) is 0 Å². The van der Waals surface area contributed by atoms with Gasteiger partial charge in [0.2, 0.25) is 5.78 Å². The molecule has 1 aromatic heterocycles. The second-order valence-electron chi connectivity index (χ2n) is 5.14. The van der Waals surface area contributed by atoms with Gasteiger partial charge in [-0.2, -0.15) is 0 Å². The molecule has 0 aliphatic carbocycles. The number of nitrogens with two attached hydrogens (primary N) is 1. The average Bonchev–Trinajstić information content (AvgIpc) is 2.48. The largest absolute Gasteiger partial charge is 0.396 e. The number of fused-ring (bicyclic) bond motifs is 1. The molecule has 4 nitrogen and oxygen atoms in total. The molecule has 0 unspecified atom stereocenters. The number of nitrogens with zero attached hydrogens (tertiary/aromatic N) is 2. The summed E-state index contributed by atoms with van der Waals surface area (Å²) in [5.41, 5.74) is 10.1. The highest BCUT2D eigenvalue weighted by Gasteiger charge is 2.17. The van der Waals surface area contributed by atoms with E-state index in [1.807, 2.05) is 44.2 Å². The van der Waals surface area contributed by atoms with Gasteiger partial charge in [0.15, 0.2) is 5.69 Å². The number of nitrogen functional groups attached to an aromatic ring is 1. The minimum atomic E-state index is -0.207. The highest BCUT2D eigenvalue weighted by molar-refractivity contribution is 6.14. The number of hydrogen-bond acceptors (Lipinski definition) is 4. The van der Waals surface area contributed by atoms with E-state index in [4.69, 9.17) is 5.73 Å². The van der Waals surface area contributed by atoms with E-state index in [0.717, 1.165) is 22.0 Å². The molecule has 3 aromatic rings. The van der Waals surface area contributed by atoms with Crippen LogP contribution in [-0.2, 0) is 0 Å². The average molecular weight is 277 g/mol. The van der Waals surface area contributed by atoms with Gasteiger partial charge in [-0.3, -0.25) is 4.79 Å². The third kappa shape index (κ3) is 2.25. The number of anilines is 1. The molecule has 0 radical (unpaired) electrons. The first-order valence-corrected chi connectivity index (χ1v) is 6.71. The molecule has 3 rings (SSSR count). The van der Waals surface area contributed by atoms with Crippen molar-refractivity contribution in [1.29, 1.82) is 0 Å². The number of ketones is 1. The molecule has 0 atom stereocenters. The summed E-state index contributed by atoms with van der Waals surface area (Å²) in [5.74, 6) is -0.207. The van der Waals surface area contributed by atoms with E-state index in [2.05, 4.69) is 10.2 Å². The Morgan fingerprint density at radius 1 is 1.05 bits per heavy atom. The summed E-state index contributed by atoms with van der Waals surface area (Å²) < 4.78 is 0. The quantitative estimate of drug-likeness (QED) is 0.731. The van der Waals surface area contributed by atoms with Crippen LogP contribution in [0.25, 0.3) is 10.9 Å². The number of hydrogen-bond donors (Lipinski definition) is 1. The molecular weight excluding hydrogens is 262 g/mol. The lowest BCUT2D eigenvalue weighted by Gasteiger charge is -2.09. The van der Waals surface area contributed by atoms with Crippen LogP contribution >= 0.6 is 0 Å². The van der Waals surface area contributed by atoms with Crippen LogP contribution in [0.15, 0.2) is 42.5 Å². The number of benzene rings is 2. The Labute approximate surface area is 122 Å². The molecule has 2 N–H and O–H groups in total. The van der Waals surface area contributed by atoms with Crippen molar-refractivity contribution in [3.8, 4) is 0 Å². The van der Waals surface area contributed by atoms with Crippen LogP contribution < -0.4 is 5.73 Å². The maximum atomic E-state index is 12.5. The Morgan fingerprint density at radius 2 is 1.76 bits per heavy atom. The third-order valence-electron chi connectivity index (χ3n) is 3.49. The maximum absolute atomic E-state index is 12.5. The zero-order chi connectivity index (χ0) is 15.0. The molecule has 0 fully saturated rings. The van der Waals surface area contributed by atoms with Crippen molar-refractivity contribution in [2.24, 2.45) is 0 Å². The first kappa shape index (κ1) is 13.2. The highest BCUT2D eigenvalue weighted by atomic mass is 16.1. The smallest absolute Gasteiger partial charge is 0.215 e. The molecule has 2 aromatic carbocycles. The van der Waals surface area contributed by atoms with Gasteiger partial charge in [-0.15, -0.1) is 10.2 Å². The maximum Gasteiger partial charge on any atom is 0.215 e. The van der Waals surface area contributed by atoms with Gasteiger partial charge in [-0.05, 0) is 25.5 Å². The standard InChI is InChI=1S/C17H15N3O/c1-10-8-11(2)15-13(9-10)14(18)16(20-19-15)17(21)12-6-4-3-5-7-12/h3-9H,1-2H3,(H2,18,19). The minimum Gasteiger partial charge on any atom is -0.396 e. The summed E-state index contributed by atoms with van der Waals surface area (Å²) in [6.45, 7) is 3.95. The van der Waals surface area contributed by atoms with Crippen LogP contribution in [0.1, 0.15) is 27.2 Å². The normalized spacial score (nSPS) is 10.8. The molecule has 0 bridgehead atoms. The Kier molecular flexibility index (Phi) is 3.14. The Hall–Kier alpha value is -2.75. The minimum absolute atomic E-state index is 0.207. The van der Waals surface area contributed by atoms with Gasteiger partial charge >= 0.3 is 0 Å². The van der Waals surface area contributed by atoms with Crippen molar-refractivity contribution in [3.63, 3.8) is 0 Å². The van der Waals surface area contributed by atoms with Crippen molar-refractivity contribution < 1.29 is 4.79 Å². The van der Waals surface area contributed by atoms with Crippen molar-refractivity contribution in [2.45, 2.75) is 13.8 Å². The van der Waals surface area contributed by atoms with E-state index in [1.54, 1.807) is 12.1 Å². The number of aromatic nitrogens is 2. The lowest BCUT2D eigenvalue weighted by molar-refractivity contribution is 0.103. The molecule has 21 heavy (non-hydrogen) atoms. The molecule has 1 heterocycles. The number of carbonyl (C=O) groups is 1. The summed E-state index contributed by atoms with van der Waals surface area (Å²) in [6, 6.07) is 12.9. The molecule has 0 aliphatic heterocycles. The summed E-state index contributed by atoms with van der Waals surface area (Å²) in [7, 11) is 0. The fraction of sp³-hybridized carbons (Fsp3) is 0.118. The second-order valence-corrected chi connectivity index (χ2v) is 5.14. The van der Waals surface area contributed by atoms with E-state index in [1.165, 1.54) is 0 Å². The summed E-state index contributed by atoms with van der Waals surface area (Å²) in [5, 5.41) is 9.01. The van der Waals surface area contributed by atoms with Crippen molar-refractivity contribution in [1.82, 2.24) is 10.2 Å². The van der Waals surface area contributed by atoms with Crippen LogP contribution in [0.3, 0.4) is 0 Å². The van der Waals surface area contributed by atoms with Gasteiger partial charge in [-0.25, -0.2) is 0 Å². The Bertz CT molecular complexity index is 842. The van der Waals surface area contributed by atoms with Gasteiger partial charge in [0.05, 0.1) is 11.2 Å². The zero-order valence-electron chi connectivity index (χ0n) is 11.9. The Morgan fingerprint density at radius 3 is 2.48 bits per heavy atom. The zero-order valence-corrected chi connectivity index (χ0v) is 11.9. The molecule has 4 heteroatoms. The topological polar surface area (TPSA) is 68.9 Å². The molecule has 0 saturated heterocycles. The van der Waals surface area contributed by atoms with Crippen LogP contribution in [0.5, 0.6) is 0 Å². The third-order valence-corrected chi connectivity index (χ3v) is 3.49. The number of carbonyl (C=O) groups excluding carboxylic acids is 1. The van der Waals surface area contributed by atoms with Crippen LogP contribution in [0.4, 0.5) is 5.69 Å². The predicted octanol–water partition coefficient (Wildman–Crippen LogP) is 3.06. The predicted molar refractivity (Wildman–Crippen MR) is 83.3 cm³/mol. The van der Waals surface area contributed by atoms with Crippen LogP contribution in [0.2, 0.25) is 0 Å². The molecule has 104 valence electrons. The van der Waals surface area contributed by atoms with Gasteiger partial charge in [-0.1, -0.05) is 42.0 Å². The van der Waals surface area contributed by atoms with Crippen molar-refractivity contribution in [2.75, 3.05) is 5.73 Å². The molecule has 0 aliphatic rings. The van der Waals surface area contributed by atoms with Crippen molar-refractivity contribution in [3.05, 3.63) is 64.8 Å². The lowest BCUT2D eigenvalue weighted by atomic mass is 10.0. The lowest BCUT2D eigenvalue weighted by Crippen LogP contribution is -2.10. The van der Waals surface area contributed by atoms with Crippen LogP contribution in [-0.4, -0.2) is 16.0 Å². The first-order chi connectivity index (χ1) is 10.1. The van der Waals surface area contributed by atoms with Gasteiger partial charge in [0.1, 0.15) is 0 Å². The van der Waals surface area contributed by atoms with E-state index >= 15 is 0 Å². The fourth-order valence-corrected chi connectivity index (χ4v) is 2.47. The second kappa shape index (κ2) is 4.98. The van der Waals surface area contributed by atoms with Gasteiger partial charge in [0, 0.05) is 10.9 Å². The van der Waals surface area contributed by atoms with Crippen LogP contribution in [0, 0.1) is 13.8 Å².